The largest absolute Gasteiger partial charge is 0.459 e. The summed E-state index contributed by atoms with van der Waals surface area (Å²) < 4.78 is 42.5. The molecule has 0 radical (unpaired) electrons. The van der Waals surface area contributed by atoms with E-state index in [9.17, 15) is 9.59 Å². The molecule has 2 aromatic carbocycles. The van der Waals surface area contributed by atoms with Gasteiger partial charge in [-0.05, 0) is 31.5 Å². The van der Waals surface area contributed by atoms with Crippen LogP contribution in [0.3, 0.4) is 0 Å². The van der Waals surface area contributed by atoms with Gasteiger partial charge in [-0.3, -0.25) is 9.59 Å². The second-order valence-corrected chi connectivity index (χ2v) is 11.7. The van der Waals surface area contributed by atoms with Crippen molar-refractivity contribution in [2.45, 2.75) is 101 Å². The third-order valence-corrected chi connectivity index (χ3v) is 8.30. The Bertz CT molecular complexity index is 1160. The van der Waals surface area contributed by atoms with Crippen LogP contribution in [0.5, 0.6) is 0 Å². The number of ether oxygens (including phenoxy) is 7. The minimum Gasteiger partial charge on any atom is -0.459 e. The van der Waals surface area contributed by atoms with Crippen LogP contribution in [-0.4, -0.2) is 73.5 Å². The molecule has 234 valence electrons. The van der Waals surface area contributed by atoms with E-state index in [1.165, 1.54) is 13.8 Å². The average Bonchev–Trinajstić information content (AvgIpc) is 2.97. The highest BCUT2D eigenvalue weighted by molar-refractivity contribution is 7.99. The lowest BCUT2D eigenvalue weighted by Crippen LogP contribution is -2.56. The van der Waals surface area contributed by atoms with Crippen molar-refractivity contribution in [1.29, 1.82) is 0 Å². The van der Waals surface area contributed by atoms with E-state index in [4.69, 9.17) is 33.2 Å². The van der Waals surface area contributed by atoms with E-state index in [1.54, 1.807) is 17.8 Å². The Balaban J connectivity index is 1.48. The summed E-state index contributed by atoms with van der Waals surface area (Å²) in [5, 5.41) is 0. The van der Waals surface area contributed by atoms with E-state index in [2.05, 4.69) is 18.7 Å². The number of carbonyl (C=O) groups excluding carboxylic acids is 2. The van der Waals surface area contributed by atoms with Crippen LogP contribution >= 0.6 is 11.8 Å². The molecule has 2 aliphatic heterocycles. The van der Waals surface area contributed by atoms with Crippen LogP contribution in [0.2, 0.25) is 0 Å². The highest BCUT2D eigenvalue weighted by Crippen LogP contribution is 2.35. The lowest BCUT2D eigenvalue weighted by Gasteiger charge is -2.44. The van der Waals surface area contributed by atoms with E-state index >= 15 is 0 Å². The normalized spacial score (nSPS) is 29.8. The molecule has 0 aromatic heterocycles. The first kappa shape index (κ1) is 33.2. The molecule has 2 heterocycles. The number of hydrogen-bond acceptors (Lipinski definition) is 10. The van der Waals surface area contributed by atoms with Crippen molar-refractivity contribution in [3.63, 3.8) is 0 Å². The molecule has 2 aliphatic rings. The lowest BCUT2D eigenvalue weighted by molar-refractivity contribution is -0.317. The van der Waals surface area contributed by atoms with E-state index in [-0.39, 0.29) is 12.5 Å². The summed E-state index contributed by atoms with van der Waals surface area (Å²) in [4.78, 5) is 25.3. The summed E-state index contributed by atoms with van der Waals surface area (Å²) in [6, 6.07) is 20.1. The first-order valence-corrected chi connectivity index (χ1v) is 15.6. The van der Waals surface area contributed by atoms with Crippen molar-refractivity contribution in [2.24, 2.45) is 0 Å². The molecule has 0 N–H and O–H groups in total. The predicted octanol–water partition coefficient (Wildman–Crippen LogP) is 5.63. The van der Waals surface area contributed by atoms with Gasteiger partial charge in [-0.25, -0.2) is 0 Å². The fourth-order valence-corrected chi connectivity index (χ4v) is 6.32. The highest BCUT2D eigenvalue weighted by Gasteiger charge is 2.46. The third-order valence-electron chi connectivity index (χ3n) is 7.22. The first-order valence-electron chi connectivity index (χ1n) is 14.6. The Hall–Kier alpha value is -2.73. The zero-order valence-electron chi connectivity index (χ0n) is 25.2. The minimum atomic E-state index is -0.757. The number of benzene rings is 2. The zero-order chi connectivity index (χ0) is 30.8. The van der Waals surface area contributed by atoms with Crippen molar-refractivity contribution in [2.75, 3.05) is 12.4 Å². The maximum atomic E-state index is 12.2. The zero-order valence-corrected chi connectivity index (χ0v) is 26.0. The van der Waals surface area contributed by atoms with Gasteiger partial charge in [0.15, 0.2) is 12.6 Å². The number of thioether (sulfide) groups is 1. The van der Waals surface area contributed by atoms with Crippen LogP contribution in [0.1, 0.15) is 52.2 Å². The van der Waals surface area contributed by atoms with E-state index in [1.807, 2.05) is 62.4 Å². The van der Waals surface area contributed by atoms with Gasteiger partial charge in [0.25, 0.3) is 0 Å². The fourth-order valence-electron chi connectivity index (χ4n) is 5.36. The van der Waals surface area contributed by atoms with Crippen LogP contribution in [0.25, 0.3) is 0 Å². The Morgan fingerprint density at radius 3 is 2.07 bits per heavy atom. The van der Waals surface area contributed by atoms with Gasteiger partial charge in [0.2, 0.25) is 0 Å². The molecule has 0 bridgehead atoms. The summed E-state index contributed by atoms with van der Waals surface area (Å²) in [5.74, 6) is -0.199. The highest BCUT2D eigenvalue weighted by atomic mass is 32.2. The summed E-state index contributed by atoms with van der Waals surface area (Å²) in [6.07, 6.45) is -2.83. The average molecular weight is 615 g/mol. The van der Waals surface area contributed by atoms with Crippen LogP contribution in [0.15, 0.2) is 78.2 Å². The monoisotopic (exact) mass is 614 g/mol. The van der Waals surface area contributed by atoms with Crippen molar-refractivity contribution in [3.8, 4) is 0 Å². The van der Waals surface area contributed by atoms with Crippen LogP contribution in [0.4, 0.5) is 0 Å². The van der Waals surface area contributed by atoms with Crippen molar-refractivity contribution in [1.82, 2.24) is 0 Å². The van der Waals surface area contributed by atoms with E-state index in [0.717, 1.165) is 10.5 Å². The van der Waals surface area contributed by atoms with Crippen LogP contribution in [0, 0.1) is 0 Å². The smallest absolute Gasteiger partial charge is 0.302 e. The minimum absolute atomic E-state index is 0.230. The van der Waals surface area contributed by atoms with Gasteiger partial charge in [-0.15, -0.1) is 18.3 Å². The molecule has 43 heavy (non-hydrogen) atoms. The summed E-state index contributed by atoms with van der Waals surface area (Å²) in [7, 11) is 0. The molecular formula is C33H42O9S. The fraction of sp³-hybridized carbons (Fsp3) is 0.515. The Kier molecular flexibility index (Phi) is 12.6. The van der Waals surface area contributed by atoms with Crippen molar-refractivity contribution >= 4 is 23.7 Å². The van der Waals surface area contributed by atoms with Crippen LogP contribution < -0.4 is 0 Å². The molecule has 10 heteroatoms. The summed E-state index contributed by atoms with van der Waals surface area (Å²) in [6.45, 7) is 10.4. The van der Waals surface area contributed by atoms with Crippen LogP contribution in [-0.2, 0) is 42.7 Å². The van der Waals surface area contributed by atoms with Gasteiger partial charge in [-0.1, -0.05) is 54.6 Å². The number of carbonyl (C=O) groups is 2. The maximum Gasteiger partial charge on any atom is 0.302 e. The van der Waals surface area contributed by atoms with Gasteiger partial charge >= 0.3 is 11.9 Å². The third kappa shape index (κ3) is 9.89. The quantitative estimate of drug-likeness (QED) is 0.160. The molecule has 2 fully saturated rings. The number of hydrogen-bond donors (Lipinski definition) is 0. The van der Waals surface area contributed by atoms with E-state index in [0.29, 0.717) is 18.8 Å². The van der Waals surface area contributed by atoms with Crippen molar-refractivity contribution < 1.29 is 42.7 Å². The molecule has 0 spiro atoms. The van der Waals surface area contributed by atoms with Gasteiger partial charge < -0.3 is 33.2 Å². The topological polar surface area (TPSA) is 98.8 Å². The Morgan fingerprint density at radius 1 is 0.884 bits per heavy atom. The number of esters is 2. The van der Waals surface area contributed by atoms with Crippen molar-refractivity contribution in [3.05, 3.63) is 78.9 Å². The van der Waals surface area contributed by atoms with Gasteiger partial charge in [-0.2, -0.15) is 0 Å². The maximum absolute atomic E-state index is 12.2. The lowest BCUT2D eigenvalue weighted by atomic mass is 9.99. The molecule has 4 rings (SSSR count). The molecule has 9 atom stereocenters. The molecule has 2 saturated heterocycles. The molecule has 0 aliphatic carbocycles. The predicted molar refractivity (Wildman–Crippen MR) is 161 cm³/mol. The second kappa shape index (κ2) is 16.4. The second-order valence-electron chi connectivity index (χ2n) is 10.7. The molecular weight excluding hydrogens is 572 g/mol. The van der Waals surface area contributed by atoms with Gasteiger partial charge in [0.05, 0.1) is 24.9 Å². The Labute approximate surface area is 258 Å². The molecule has 0 unspecified atom stereocenters. The SMILES string of the molecule is C=CCO[C@@H]1C[C@@H](OC(C)=O)[C@H](O[C@@H]2C[C@@H](OC(C)=O)[C@H](O[C@H](CSc3ccccc3)c3ccccc3)[C@@H](C)O2)[C@@H](C)O1. The summed E-state index contributed by atoms with van der Waals surface area (Å²) in [5.41, 5.74) is 1.02. The van der Waals surface area contributed by atoms with E-state index < -0.39 is 61.1 Å². The first-order chi connectivity index (χ1) is 20.7. The van der Waals surface area contributed by atoms with Gasteiger partial charge in [0, 0.05) is 37.3 Å². The molecule has 0 saturated carbocycles. The number of rotatable bonds is 13. The summed E-state index contributed by atoms with van der Waals surface area (Å²) >= 11 is 1.69. The standard InChI is InChI=1S/C33H42O9S/c1-6-17-36-30-18-27(39-23(4)34)33(22(3)37-30)42-31-19-28(40-24(5)35)32(21(2)38-31)41-29(25-13-9-7-10-14-25)20-43-26-15-11-8-12-16-26/h6-16,21-22,27-33H,1,17-20H2,2-5H3/t21-,22-,27-,28-,29-,30+,31-,32-,33-/m1/s1. The molecule has 9 nitrogen and oxygen atoms in total. The molecule has 0 amide bonds. The van der Waals surface area contributed by atoms with Gasteiger partial charge in [0.1, 0.15) is 24.4 Å². The molecule has 2 aromatic rings. The Morgan fingerprint density at radius 2 is 1.44 bits per heavy atom.